The molecule has 0 aromatic heterocycles. The van der Waals surface area contributed by atoms with Crippen LogP contribution in [0.2, 0.25) is 0 Å². The molecule has 0 saturated carbocycles. The number of hydrogen-bond acceptors (Lipinski definition) is 1. The van der Waals surface area contributed by atoms with Crippen molar-refractivity contribution in [3.05, 3.63) is 0 Å². The van der Waals surface area contributed by atoms with Gasteiger partial charge in [0.25, 0.3) is 0 Å². The minimum absolute atomic E-state index is 0.258. The van der Waals surface area contributed by atoms with Crippen LogP contribution in [0, 0.1) is 0 Å². The fraction of sp³-hybridized carbons (Fsp3) is 1.00. The molecule has 0 saturated heterocycles. The Morgan fingerprint density at radius 1 is 0.500 bits per heavy atom. The van der Waals surface area contributed by atoms with Gasteiger partial charge in [-0.15, -0.1) is 23.2 Å². The van der Waals surface area contributed by atoms with Gasteiger partial charge in [0, 0.05) is 6.04 Å². The van der Waals surface area contributed by atoms with Crippen LogP contribution in [0.5, 0.6) is 0 Å². The molecule has 1 unspecified atom stereocenters. The minimum Gasteiger partial charge on any atom is -0.298 e. The van der Waals surface area contributed by atoms with Gasteiger partial charge in [0.1, 0.15) is 4.84 Å². The summed E-state index contributed by atoms with van der Waals surface area (Å²) < 4.78 is 0. The van der Waals surface area contributed by atoms with Crippen LogP contribution < -0.4 is 0 Å². The van der Waals surface area contributed by atoms with Gasteiger partial charge in [-0.25, -0.2) is 0 Å². The van der Waals surface area contributed by atoms with Crippen molar-refractivity contribution in [2.75, 3.05) is 13.1 Å². The van der Waals surface area contributed by atoms with E-state index in [1.807, 2.05) is 0 Å². The number of alkyl halides is 2. The molecular weight excluding hydrogens is 385 g/mol. The van der Waals surface area contributed by atoms with Crippen molar-refractivity contribution in [3.8, 4) is 0 Å². The summed E-state index contributed by atoms with van der Waals surface area (Å²) in [4.78, 5) is 2.38. The second-order valence-corrected chi connectivity index (χ2v) is 9.84. The van der Waals surface area contributed by atoms with Gasteiger partial charge in [0.2, 0.25) is 0 Å². The van der Waals surface area contributed by atoms with E-state index in [0.29, 0.717) is 6.04 Å². The van der Waals surface area contributed by atoms with Gasteiger partial charge < -0.3 is 0 Å². The van der Waals surface area contributed by atoms with Crippen molar-refractivity contribution in [2.45, 2.75) is 147 Å². The highest BCUT2D eigenvalue weighted by atomic mass is 35.5. The van der Waals surface area contributed by atoms with E-state index in [1.165, 1.54) is 122 Å². The maximum atomic E-state index is 6.47. The number of halogens is 2. The third-order valence-corrected chi connectivity index (χ3v) is 6.54. The smallest absolute Gasteiger partial charge is 0.123 e. The second kappa shape index (κ2) is 22.2. The molecule has 0 aromatic rings. The highest BCUT2D eigenvalue weighted by Crippen LogP contribution is 2.23. The van der Waals surface area contributed by atoms with E-state index in [0.717, 1.165) is 6.42 Å². The van der Waals surface area contributed by atoms with Gasteiger partial charge in [-0.2, -0.15) is 0 Å². The van der Waals surface area contributed by atoms with Crippen LogP contribution in [-0.4, -0.2) is 28.9 Å². The lowest BCUT2D eigenvalue weighted by Gasteiger charge is -2.33. The Balaban J connectivity index is 4.38. The molecular formula is C25H51Cl2N. The Morgan fingerprint density at radius 2 is 0.857 bits per heavy atom. The molecule has 0 radical (unpaired) electrons. The molecule has 1 atom stereocenters. The summed E-state index contributed by atoms with van der Waals surface area (Å²) in [6, 6.07) is 0.344. The molecule has 0 aliphatic heterocycles. The van der Waals surface area contributed by atoms with Crippen LogP contribution in [0.15, 0.2) is 0 Å². The average molecular weight is 437 g/mol. The lowest BCUT2D eigenvalue weighted by Crippen LogP contribution is -2.41. The Bertz CT molecular complexity index is 280. The van der Waals surface area contributed by atoms with Crippen LogP contribution in [-0.2, 0) is 0 Å². The summed E-state index contributed by atoms with van der Waals surface area (Å²) in [6.45, 7) is 9.20. The summed E-state index contributed by atoms with van der Waals surface area (Å²) in [5.41, 5.74) is 0. The van der Waals surface area contributed by atoms with Crippen molar-refractivity contribution in [2.24, 2.45) is 0 Å². The molecule has 0 bridgehead atoms. The van der Waals surface area contributed by atoms with Crippen LogP contribution in [0.4, 0.5) is 0 Å². The van der Waals surface area contributed by atoms with E-state index < -0.39 is 0 Å². The molecule has 0 fully saturated rings. The standard InChI is InChI=1S/C25H51Cl2N/c1-4-7-10-13-16-19-22-28(23-20-17-14-11-8-5-2)24(25(26)27)21-18-15-12-9-6-3/h24-25H,4-23H2,1-3H3. The van der Waals surface area contributed by atoms with Gasteiger partial charge in [0.05, 0.1) is 0 Å². The first-order valence-corrected chi connectivity index (χ1v) is 13.6. The minimum atomic E-state index is -0.258. The summed E-state index contributed by atoms with van der Waals surface area (Å²) in [5.74, 6) is 0. The summed E-state index contributed by atoms with van der Waals surface area (Å²) in [6.07, 6.45) is 24.0. The van der Waals surface area contributed by atoms with Gasteiger partial charge in [0.15, 0.2) is 0 Å². The molecule has 0 aliphatic carbocycles. The molecule has 170 valence electrons. The Kier molecular flexibility index (Phi) is 22.7. The summed E-state index contributed by atoms with van der Waals surface area (Å²) in [5, 5.41) is 0. The molecule has 0 amide bonds. The SMILES string of the molecule is CCCCCCCCN(CCCCCCCC)C(CCCCCCC)C(Cl)Cl. The zero-order valence-electron chi connectivity index (χ0n) is 19.5. The van der Waals surface area contributed by atoms with Crippen molar-refractivity contribution >= 4 is 23.2 Å². The average Bonchev–Trinajstić information content (AvgIpc) is 2.68. The zero-order chi connectivity index (χ0) is 20.9. The maximum absolute atomic E-state index is 6.47. The molecule has 0 N–H and O–H groups in total. The van der Waals surface area contributed by atoms with Crippen molar-refractivity contribution in [1.82, 2.24) is 4.90 Å². The molecule has 3 heteroatoms. The monoisotopic (exact) mass is 435 g/mol. The molecule has 0 rings (SSSR count). The predicted molar refractivity (Wildman–Crippen MR) is 131 cm³/mol. The first-order chi connectivity index (χ1) is 13.7. The largest absolute Gasteiger partial charge is 0.298 e. The fourth-order valence-electron chi connectivity index (χ4n) is 4.06. The van der Waals surface area contributed by atoms with E-state index in [1.54, 1.807) is 0 Å². The normalized spacial score (nSPS) is 13.0. The molecule has 0 aromatic carbocycles. The highest BCUT2D eigenvalue weighted by molar-refractivity contribution is 6.44. The first-order valence-electron chi connectivity index (χ1n) is 12.7. The topological polar surface area (TPSA) is 3.24 Å². The molecule has 0 heterocycles. The second-order valence-electron chi connectivity index (χ2n) is 8.68. The van der Waals surface area contributed by atoms with Crippen LogP contribution in [0.25, 0.3) is 0 Å². The number of hydrogen-bond donors (Lipinski definition) is 0. The van der Waals surface area contributed by atoms with Gasteiger partial charge >= 0.3 is 0 Å². The van der Waals surface area contributed by atoms with E-state index in [4.69, 9.17) is 23.2 Å². The van der Waals surface area contributed by atoms with Gasteiger partial charge in [-0.1, -0.05) is 117 Å². The van der Waals surface area contributed by atoms with E-state index >= 15 is 0 Å². The quantitative estimate of drug-likeness (QED) is 0.121. The van der Waals surface area contributed by atoms with E-state index in [9.17, 15) is 0 Å². The van der Waals surface area contributed by atoms with E-state index in [2.05, 4.69) is 25.7 Å². The third kappa shape index (κ3) is 17.4. The summed E-state index contributed by atoms with van der Waals surface area (Å²) >= 11 is 12.9. The lowest BCUT2D eigenvalue weighted by molar-refractivity contribution is 0.183. The maximum Gasteiger partial charge on any atom is 0.123 e. The first kappa shape index (κ1) is 28.5. The van der Waals surface area contributed by atoms with Gasteiger partial charge in [-0.3, -0.25) is 4.90 Å². The number of unbranched alkanes of at least 4 members (excludes halogenated alkanes) is 14. The number of nitrogens with zero attached hydrogens (tertiary/aromatic N) is 1. The van der Waals surface area contributed by atoms with Crippen LogP contribution >= 0.6 is 23.2 Å². The molecule has 1 nitrogen and oxygen atoms in total. The Hall–Kier alpha value is 0.540. The fourth-order valence-corrected chi connectivity index (χ4v) is 4.63. The number of rotatable bonds is 22. The van der Waals surface area contributed by atoms with Crippen molar-refractivity contribution in [1.29, 1.82) is 0 Å². The zero-order valence-corrected chi connectivity index (χ0v) is 21.0. The molecule has 0 spiro atoms. The van der Waals surface area contributed by atoms with Crippen LogP contribution in [0.3, 0.4) is 0 Å². The Labute approximate surface area is 188 Å². The van der Waals surface area contributed by atoms with E-state index in [-0.39, 0.29) is 4.84 Å². The van der Waals surface area contributed by atoms with Crippen molar-refractivity contribution < 1.29 is 0 Å². The van der Waals surface area contributed by atoms with Gasteiger partial charge in [-0.05, 0) is 32.4 Å². The lowest BCUT2D eigenvalue weighted by atomic mass is 10.0. The predicted octanol–water partition coefficient (Wildman–Crippen LogP) is 9.54. The highest BCUT2D eigenvalue weighted by Gasteiger charge is 2.23. The van der Waals surface area contributed by atoms with Crippen molar-refractivity contribution in [3.63, 3.8) is 0 Å². The molecule has 28 heavy (non-hydrogen) atoms. The van der Waals surface area contributed by atoms with Crippen LogP contribution in [0.1, 0.15) is 136 Å². The summed E-state index contributed by atoms with van der Waals surface area (Å²) in [7, 11) is 0. The molecule has 0 aliphatic rings. The Morgan fingerprint density at radius 3 is 1.25 bits per heavy atom. The third-order valence-electron chi connectivity index (χ3n) is 5.96.